The van der Waals surface area contributed by atoms with Crippen LogP contribution in [0.3, 0.4) is 0 Å². The Labute approximate surface area is 193 Å². The molecule has 1 heterocycles. The van der Waals surface area contributed by atoms with Gasteiger partial charge < -0.3 is 4.74 Å². The fraction of sp³-hybridized carbons (Fsp3) is 0.400. The average Bonchev–Trinajstić information content (AvgIpc) is 3.23. The Hall–Kier alpha value is -3.55. The highest BCUT2D eigenvalue weighted by Gasteiger charge is 2.23. The Morgan fingerprint density at radius 2 is 1.76 bits per heavy atom. The van der Waals surface area contributed by atoms with E-state index in [4.69, 9.17) is 4.74 Å². The number of carbonyl (C=O) groups is 2. The van der Waals surface area contributed by atoms with Gasteiger partial charge in [0.05, 0.1) is 19.1 Å². The molecule has 0 bridgehead atoms. The number of ketones is 1. The molecule has 0 aliphatic rings. The van der Waals surface area contributed by atoms with E-state index in [2.05, 4.69) is 51.9 Å². The number of aromatic nitrogens is 4. The van der Waals surface area contributed by atoms with Gasteiger partial charge in [0.2, 0.25) is 0 Å². The molecule has 0 saturated carbocycles. The number of rotatable bonds is 12. The molecule has 3 aromatic rings. The smallest absolute Gasteiger partial charge is 0.361 e. The summed E-state index contributed by atoms with van der Waals surface area (Å²) in [5.74, 6) is -0.548. The van der Waals surface area contributed by atoms with Crippen LogP contribution in [0.5, 0.6) is 0 Å². The van der Waals surface area contributed by atoms with E-state index in [-0.39, 0.29) is 36.6 Å². The SMILES string of the molecule is CCOC(=O)[C@H](C)C[C@H](CC(=O)CCn1nn[nH]c1=O)Cc1ccc(-c2ccccc2)cc1. The highest BCUT2D eigenvalue weighted by atomic mass is 16.5. The molecule has 0 radical (unpaired) electrons. The molecule has 0 aliphatic carbocycles. The Morgan fingerprint density at radius 3 is 2.39 bits per heavy atom. The third-order valence-corrected chi connectivity index (χ3v) is 5.61. The van der Waals surface area contributed by atoms with Gasteiger partial charge in [0, 0.05) is 12.8 Å². The molecule has 0 aliphatic heterocycles. The van der Waals surface area contributed by atoms with Crippen LogP contribution in [-0.4, -0.2) is 38.6 Å². The number of hydrogen-bond donors (Lipinski definition) is 1. The van der Waals surface area contributed by atoms with Crippen molar-refractivity contribution in [3.63, 3.8) is 0 Å². The molecule has 0 saturated heterocycles. The van der Waals surface area contributed by atoms with Crippen molar-refractivity contribution in [3.8, 4) is 11.1 Å². The highest BCUT2D eigenvalue weighted by Crippen LogP contribution is 2.25. The zero-order valence-electron chi connectivity index (χ0n) is 19.1. The lowest BCUT2D eigenvalue weighted by molar-refractivity contribution is -0.148. The van der Waals surface area contributed by atoms with Crippen LogP contribution in [-0.2, 0) is 27.3 Å². The summed E-state index contributed by atoms with van der Waals surface area (Å²) < 4.78 is 6.29. The first kappa shape index (κ1) is 24.1. The lowest BCUT2D eigenvalue weighted by Gasteiger charge is -2.20. The average molecular weight is 451 g/mol. The normalized spacial score (nSPS) is 12.8. The van der Waals surface area contributed by atoms with Gasteiger partial charge in [0.25, 0.3) is 0 Å². The molecule has 8 heteroatoms. The van der Waals surface area contributed by atoms with Gasteiger partial charge in [0.1, 0.15) is 5.78 Å². The molecular weight excluding hydrogens is 420 g/mol. The first-order chi connectivity index (χ1) is 16.0. The maximum absolute atomic E-state index is 12.7. The number of hydrogen-bond acceptors (Lipinski definition) is 6. The van der Waals surface area contributed by atoms with Crippen LogP contribution >= 0.6 is 0 Å². The van der Waals surface area contributed by atoms with Crippen LogP contribution in [0.25, 0.3) is 11.1 Å². The second-order valence-electron chi connectivity index (χ2n) is 8.24. The zero-order chi connectivity index (χ0) is 23.6. The van der Waals surface area contributed by atoms with Crippen molar-refractivity contribution in [2.45, 2.75) is 46.1 Å². The van der Waals surface area contributed by atoms with Crippen molar-refractivity contribution in [1.82, 2.24) is 20.2 Å². The molecule has 0 amide bonds. The van der Waals surface area contributed by atoms with Crippen molar-refractivity contribution in [2.75, 3.05) is 6.61 Å². The molecule has 174 valence electrons. The van der Waals surface area contributed by atoms with Crippen LogP contribution in [0, 0.1) is 11.8 Å². The molecule has 0 spiro atoms. The summed E-state index contributed by atoms with van der Waals surface area (Å²) in [5, 5.41) is 9.30. The third kappa shape index (κ3) is 7.24. The number of ether oxygens (including phenoxy) is 1. The molecule has 33 heavy (non-hydrogen) atoms. The largest absolute Gasteiger partial charge is 0.466 e. The van der Waals surface area contributed by atoms with Gasteiger partial charge in [-0.1, -0.05) is 61.5 Å². The monoisotopic (exact) mass is 450 g/mol. The molecule has 1 aromatic heterocycles. The van der Waals surface area contributed by atoms with E-state index >= 15 is 0 Å². The van der Waals surface area contributed by atoms with Crippen molar-refractivity contribution in [1.29, 1.82) is 0 Å². The highest BCUT2D eigenvalue weighted by molar-refractivity contribution is 5.78. The Balaban J connectivity index is 1.66. The Bertz CT molecular complexity index is 1090. The summed E-state index contributed by atoms with van der Waals surface area (Å²) in [6.07, 6.45) is 1.73. The van der Waals surface area contributed by atoms with Crippen molar-refractivity contribution in [2.24, 2.45) is 11.8 Å². The minimum absolute atomic E-state index is 0.0199. The summed E-state index contributed by atoms with van der Waals surface area (Å²) in [5.41, 5.74) is 2.95. The standard InChI is InChI=1S/C25H30N4O4/c1-3-33-24(31)18(2)15-20(17-23(30)13-14-29-25(32)26-27-28-29)16-19-9-11-22(12-10-19)21-7-5-4-6-8-21/h4-12,18,20H,3,13-17H2,1-2H3,(H,26,28,32)/t18-,20+/m1/s1. The predicted octanol–water partition coefficient (Wildman–Crippen LogP) is 3.43. The van der Waals surface area contributed by atoms with Gasteiger partial charge in [-0.25, -0.2) is 9.89 Å². The molecule has 2 atom stereocenters. The summed E-state index contributed by atoms with van der Waals surface area (Å²) >= 11 is 0. The topological polar surface area (TPSA) is 107 Å². The molecule has 2 aromatic carbocycles. The maximum atomic E-state index is 12.7. The van der Waals surface area contributed by atoms with E-state index in [0.717, 1.165) is 21.4 Å². The van der Waals surface area contributed by atoms with Crippen LogP contribution in [0.4, 0.5) is 0 Å². The number of nitrogens with one attached hydrogen (secondary N) is 1. The number of Topliss-reactive ketones (excluding diaryl/α,β-unsaturated/α-hetero) is 1. The number of benzene rings is 2. The van der Waals surface area contributed by atoms with E-state index < -0.39 is 5.69 Å². The molecule has 0 fully saturated rings. The molecule has 8 nitrogen and oxygen atoms in total. The summed E-state index contributed by atoms with van der Waals surface area (Å²) in [4.78, 5) is 36.4. The quantitative estimate of drug-likeness (QED) is 0.424. The Morgan fingerprint density at radius 1 is 1.06 bits per heavy atom. The number of H-pyrrole nitrogens is 1. The summed E-state index contributed by atoms with van der Waals surface area (Å²) in [7, 11) is 0. The summed E-state index contributed by atoms with van der Waals surface area (Å²) in [6.45, 7) is 4.13. The first-order valence-corrected chi connectivity index (χ1v) is 11.3. The number of carbonyl (C=O) groups excluding carboxylic acids is 2. The van der Waals surface area contributed by atoms with E-state index in [9.17, 15) is 14.4 Å². The van der Waals surface area contributed by atoms with Gasteiger partial charge >= 0.3 is 11.7 Å². The van der Waals surface area contributed by atoms with Gasteiger partial charge in [-0.15, -0.1) is 0 Å². The first-order valence-electron chi connectivity index (χ1n) is 11.3. The van der Waals surface area contributed by atoms with Crippen LogP contribution in [0.1, 0.15) is 38.7 Å². The zero-order valence-corrected chi connectivity index (χ0v) is 19.1. The van der Waals surface area contributed by atoms with Crippen LogP contribution in [0.2, 0.25) is 0 Å². The third-order valence-electron chi connectivity index (χ3n) is 5.61. The lowest BCUT2D eigenvalue weighted by atomic mass is 9.85. The van der Waals surface area contributed by atoms with Gasteiger partial charge in [-0.3, -0.25) is 9.59 Å². The number of esters is 1. The molecule has 1 N–H and O–H groups in total. The second kappa shape index (κ2) is 11.9. The number of aromatic amines is 1. The maximum Gasteiger partial charge on any atom is 0.361 e. The van der Waals surface area contributed by atoms with E-state index in [1.165, 1.54) is 0 Å². The van der Waals surface area contributed by atoms with Crippen molar-refractivity contribution in [3.05, 3.63) is 70.6 Å². The fourth-order valence-corrected chi connectivity index (χ4v) is 3.94. The van der Waals surface area contributed by atoms with Crippen LogP contribution < -0.4 is 5.69 Å². The minimum Gasteiger partial charge on any atom is -0.466 e. The van der Waals surface area contributed by atoms with Gasteiger partial charge in [-0.2, -0.15) is 4.68 Å². The molecular formula is C25H30N4O4. The Kier molecular flexibility index (Phi) is 8.69. The molecule has 3 rings (SSSR count). The summed E-state index contributed by atoms with van der Waals surface area (Å²) in [6, 6.07) is 18.4. The van der Waals surface area contributed by atoms with E-state index in [1.54, 1.807) is 6.92 Å². The number of tetrazole rings is 1. The fourth-order valence-electron chi connectivity index (χ4n) is 3.94. The van der Waals surface area contributed by atoms with Crippen LogP contribution in [0.15, 0.2) is 59.4 Å². The number of aryl methyl sites for hydroxylation is 1. The second-order valence-corrected chi connectivity index (χ2v) is 8.24. The predicted molar refractivity (Wildman–Crippen MR) is 124 cm³/mol. The number of nitrogens with zero attached hydrogens (tertiary/aromatic N) is 3. The van der Waals surface area contributed by atoms with E-state index in [0.29, 0.717) is 25.9 Å². The minimum atomic E-state index is -0.436. The lowest BCUT2D eigenvalue weighted by Crippen LogP contribution is -2.23. The molecule has 0 unspecified atom stereocenters. The van der Waals surface area contributed by atoms with Gasteiger partial charge in [0.15, 0.2) is 0 Å². The van der Waals surface area contributed by atoms with Crippen molar-refractivity contribution >= 4 is 11.8 Å². The van der Waals surface area contributed by atoms with Gasteiger partial charge in [-0.05, 0) is 52.8 Å². The van der Waals surface area contributed by atoms with Crippen molar-refractivity contribution < 1.29 is 14.3 Å². The van der Waals surface area contributed by atoms with E-state index in [1.807, 2.05) is 25.1 Å².